The van der Waals surface area contributed by atoms with Crippen molar-refractivity contribution in [3.8, 4) is 0 Å². The summed E-state index contributed by atoms with van der Waals surface area (Å²) in [5, 5.41) is 12.5. The van der Waals surface area contributed by atoms with Crippen molar-refractivity contribution in [1.29, 1.82) is 0 Å². The van der Waals surface area contributed by atoms with Gasteiger partial charge in [-0.3, -0.25) is 15.5 Å². The molecule has 0 atom stereocenters. The Kier molecular flexibility index (Phi) is 3.53. The van der Waals surface area contributed by atoms with Crippen LogP contribution in [-0.4, -0.2) is 58.0 Å². The van der Waals surface area contributed by atoms with Crippen LogP contribution < -0.4 is 11.2 Å². The molecule has 0 radical (unpaired) electrons. The third-order valence-corrected chi connectivity index (χ3v) is 2.76. The van der Waals surface area contributed by atoms with Gasteiger partial charge in [-0.25, -0.2) is 9.99 Å². The number of anilines is 2. The summed E-state index contributed by atoms with van der Waals surface area (Å²) in [5.41, 5.74) is 8.20. The first-order valence-electron chi connectivity index (χ1n) is 5.53. The molecule has 0 aliphatic carbocycles. The summed E-state index contributed by atoms with van der Waals surface area (Å²) >= 11 is 0. The van der Waals surface area contributed by atoms with E-state index in [0.717, 1.165) is 32.4 Å². The van der Waals surface area contributed by atoms with Crippen LogP contribution in [0.2, 0.25) is 0 Å². The first-order valence-corrected chi connectivity index (χ1v) is 5.53. The van der Waals surface area contributed by atoms with E-state index in [0.29, 0.717) is 0 Å². The number of rotatable bonds is 3. The number of nitro groups is 1. The van der Waals surface area contributed by atoms with Gasteiger partial charge >= 0.3 is 5.69 Å². The van der Waals surface area contributed by atoms with Crippen molar-refractivity contribution >= 4 is 17.5 Å². The van der Waals surface area contributed by atoms with E-state index >= 15 is 0 Å². The molecule has 18 heavy (non-hydrogen) atoms. The summed E-state index contributed by atoms with van der Waals surface area (Å²) in [4.78, 5) is 19.9. The average molecular weight is 253 g/mol. The lowest BCUT2D eigenvalue weighted by Gasteiger charge is -2.32. The lowest BCUT2D eigenvalue weighted by atomic mass is 10.4. The Hall–Kier alpha value is -2.00. The van der Waals surface area contributed by atoms with Crippen LogP contribution in [0.25, 0.3) is 0 Å². The maximum Gasteiger partial charge on any atom is 0.329 e. The predicted molar refractivity (Wildman–Crippen MR) is 65.8 cm³/mol. The largest absolute Gasteiger partial charge is 0.378 e. The van der Waals surface area contributed by atoms with Gasteiger partial charge in [0.2, 0.25) is 11.8 Å². The maximum absolute atomic E-state index is 10.6. The standard InChI is InChI=1S/C9H15N7O2/c1-14-2-4-15(5-3-14)13-9-11-6-7(16(17)18)8(10)12-9/h6H,2-5H2,1H3,(H3,10,11,12,13). The first-order chi connectivity index (χ1) is 8.56. The zero-order valence-electron chi connectivity index (χ0n) is 10.0. The molecule has 2 rings (SSSR count). The highest BCUT2D eigenvalue weighted by molar-refractivity contribution is 5.53. The Balaban J connectivity index is 2.02. The van der Waals surface area contributed by atoms with Gasteiger partial charge in [-0.15, -0.1) is 0 Å². The fourth-order valence-corrected chi connectivity index (χ4v) is 1.64. The molecule has 1 aliphatic rings. The topological polar surface area (TPSA) is 113 Å². The summed E-state index contributed by atoms with van der Waals surface area (Å²) in [6.07, 6.45) is 1.11. The van der Waals surface area contributed by atoms with Crippen LogP contribution in [0.4, 0.5) is 17.5 Å². The van der Waals surface area contributed by atoms with E-state index in [-0.39, 0.29) is 17.5 Å². The molecule has 9 nitrogen and oxygen atoms in total. The van der Waals surface area contributed by atoms with Crippen LogP contribution in [0.3, 0.4) is 0 Å². The number of hydrazine groups is 1. The lowest BCUT2D eigenvalue weighted by Crippen LogP contribution is -2.47. The zero-order chi connectivity index (χ0) is 13.1. The molecule has 1 fully saturated rings. The highest BCUT2D eigenvalue weighted by Gasteiger charge is 2.17. The van der Waals surface area contributed by atoms with Gasteiger partial charge in [0.05, 0.1) is 4.92 Å². The number of hydrogen-bond acceptors (Lipinski definition) is 8. The van der Waals surface area contributed by atoms with Gasteiger partial charge < -0.3 is 10.6 Å². The average Bonchev–Trinajstić information content (AvgIpc) is 2.32. The third-order valence-electron chi connectivity index (χ3n) is 2.76. The number of likely N-dealkylation sites (N-methyl/N-ethyl adjacent to an activating group) is 1. The van der Waals surface area contributed by atoms with E-state index in [1.54, 1.807) is 0 Å². The number of aromatic nitrogens is 2. The molecule has 2 heterocycles. The molecule has 1 saturated heterocycles. The van der Waals surface area contributed by atoms with Crippen LogP contribution in [0.5, 0.6) is 0 Å². The van der Waals surface area contributed by atoms with Crippen molar-refractivity contribution in [1.82, 2.24) is 19.9 Å². The number of nitrogen functional groups attached to an aromatic ring is 1. The summed E-state index contributed by atoms with van der Waals surface area (Å²) in [6, 6.07) is 0. The minimum Gasteiger partial charge on any atom is -0.378 e. The number of nitrogens with one attached hydrogen (secondary N) is 1. The molecule has 0 aromatic carbocycles. The van der Waals surface area contributed by atoms with Crippen molar-refractivity contribution < 1.29 is 4.92 Å². The molecule has 0 spiro atoms. The number of piperazine rings is 1. The summed E-state index contributed by atoms with van der Waals surface area (Å²) in [6.45, 7) is 3.54. The van der Waals surface area contributed by atoms with Crippen molar-refractivity contribution in [3.05, 3.63) is 16.3 Å². The van der Waals surface area contributed by atoms with Crippen LogP contribution >= 0.6 is 0 Å². The fraction of sp³-hybridized carbons (Fsp3) is 0.556. The number of nitrogens with two attached hydrogens (primary N) is 1. The monoisotopic (exact) mass is 253 g/mol. The molecular weight excluding hydrogens is 238 g/mol. The summed E-state index contributed by atoms with van der Waals surface area (Å²) < 4.78 is 0. The van der Waals surface area contributed by atoms with Crippen LogP contribution in [0, 0.1) is 10.1 Å². The predicted octanol–water partition coefficient (Wildman–Crippen LogP) is -0.459. The second-order valence-electron chi connectivity index (χ2n) is 4.12. The van der Waals surface area contributed by atoms with E-state index in [1.165, 1.54) is 0 Å². The molecule has 1 aromatic rings. The second-order valence-corrected chi connectivity index (χ2v) is 4.12. The Morgan fingerprint density at radius 2 is 2.11 bits per heavy atom. The quantitative estimate of drug-likeness (QED) is 0.549. The third kappa shape index (κ3) is 2.81. The maximum atomic E-state index is 10.6. The van der Waals surface area contributed by atoms with Crippen LogP contribution in [0.15, 0.2) is 6.20 Å². The molecule has 0 amide bonds. The van der Waals surface area contributed by atoms with E-state index < -0.39 is 4.92 Å². The van der Waals surface area contributed by atoms with Gasteiger partial charge in [-0.05, 0) is 7.05 Å². The van der Waals surface area contributed by atoms with Gasteiger partial charge in [0.25, 0.3) is 0 Å². The molecular formula is C9H15N7O2. The number of nitrogens with zero attached hydrogens (tertiary/aromatic N) is 5. The smallest absolute Gasteiger partial charge is 0.329 e. The molecule has 0 saturated carbocycles. The van der Waals surface area contributed by atoms with E-state index in [4.69, 9.17) is 5.73 Å². The highest BCUT2D eigenvalue weighted by Crippen LogP contribution is 2.18. The van der Waals surface area contributed by atoms with Crippen LogP contribution in [0.1, 0.15) is 0 Å². The molecule has 3 N–H and O–H groups in total. The Labute approximate surface area is 104 Å². The molecule has 0 bridgehead atoms. The van der Waals surface area contributed by atoms with Gasteiger partial charge in [0, 0.05) is 26.2 Å². The SMILES string of the molecule is CN1CCN(Nc2ncc([N+](=O)[O-])c(N)n2)CC1. The molecule has 0 unspecified atom stereocenters. The first kappa shape index (κ1) is 12.5. The van der Waals surface area contributed by atoms with Crippen molar-refractivity contribution in [2.75, 3.05) is 44.4 Å². The molecule has 1 aliphatic heterocycles. The number of hydrogen-bond donors (Lipinski definition) is 2. The Morgan fingerprint density at radius 1 is 1.44 bits per heavy atom. The Morgan fingerprint density at radius 3 is 2.67 bits per heavy atom. The van der Waals surface area contributed by atoms with Gasteiger partial charge in [0.1, 0.15) is 6.20 Å². The summed E-state index contributed by atoms with van der Waals surface area (Å²) in [5.74, 6) is 0.147. The van der Waals surface area contributed by atoms with Crippen LogP contribution in [-0.2, 0) is 0 Å². The van der Waals surface area contributed by atoms with Gasteiger partial charge in [0.15, 0.2) is 0 Å². The zero-order valence-corrected chi connectivity index (χ0v) is 10.0. The van der Waals surface area contributed by atoms with Crippen molar-refractivity contribution in [3.63, 3.8) is 0 Å². The van der Waals surface area contributed by atoms with Gasteiger partial charge in [-0.2, -0.15) is 4.98 Å². The molecule has 9 heteroatoms. The lowest BCUT2D eigenvalue weighted by molar-refractivity contribution is -0.384. The summed E-state index contributed by atoms with van der Waals surface area (Å²) in [7, 11) is 2.05. The van der Waals surface area contributed by atoms with Crippen molar-refractivity contribution in [2.24, 2.45) is 0 Å². The second kappa shape index (κ2) is 5.10. The van der Waals surface area contributed by atoms with E-state index in [1.807, 2.05) is 5.01 Å². The van der Waals surface area contributed by atoms with E-state index in [9.17, 15) is 10.1 Å². The minimum atomic E-state index is -0.602. The fourth-order valence-electron chi connectivity index (χ4n) is 1.64. The molecule has 98 valence electrons. The van der Waals surface area contributed by atoms with Gasteiger partial charge in [-0.1, -0.05) is 0 Å². The highest BCUT2D eigenvalue weighted by atomic mass is 16.6. The van der Waals surface area contributed by atoms with E-state index in [2.05, 4.69) is 27.3 Å². The molecule has 1 aromatic heterocycles. The Bertz CT molecular complexity index is 445. The van der Waals surface area contributed by atoms with Crippen molar-refractivity contribution in [2.45, 2.75) is 0 Å². The minimum absolute atomic E-state index is 0.133. The normalized spacial score (nSPS) is 17.6.